The van der Waals surface area contributed by atoms with E-state index < -0.39 is 0 Å². The van der Waals surface area contributed by atoms with Gasteiger partial charge in [0.2, 0.25) is 0 Å². The first kappa shape index (κ1) is 18.6. The van der Waals surface area contributed by atoms with Gasteiger partial charge in [0, 0.05) is 29.3 Å². The van der Waals surface area contributed by atoms with Gasteiger partial charge in [0.25, 0.3) is 5.91 Å². The van der Waals surface area contributed by atoms with E-state index in [1.807, 2.05) is 67.6 Å². The van der Waals surface area contributed by atoms with Gasteiger partial charge < -0.3 is 0 Å². The van der Waals surface area contributed by atoms with Crippen LogP contribution in [0.15, 0.2) is 85.2 Å². The van der Waals surface area contributed by atoms with Crippen molar-refractivity contribution < 1.29 is 21.9 Å². The molecule has 0 bridgehead atoms. The summed E-state index contributed by atoms with van der Waals surface area (Å²) in [5, 5.41) is 4.38. The number of nitrogens with zero attached hydrogens (tertiary/aromatic N) is 3. The summed E-state index contributed by atoms with van der Waals surface area (Å²) in [5.41, 5.74) is 3.22. The van der Waals surface area contributed by atoms with Gasteiger partial charge in [-0.2, -0.15) is 35.4 Å². The van der Waals surface area contributed by atoms with Crippen LogP contribution >= 0.6 is 0 Å². The second-order valence-corrected chi connectivity index (χ2v) is 5.26. The van der Waals surface area contributed by atoms with Crippen molar-refractivity contribution in [2.45, 2.75) is 6.92 Å². The number of carbonyl (C=O) groups excluding carboxylic acids is 1. The molecule has 0 atom stereocenters. The molecule has 0 radical (unpaired) electrons. The van der Waals surface area contributed by atoms with Gasteiger partial charge >= 0.3 is 17.1 Å². The topological polar surface area (TPSA) is 47.8 Å². The molecule has 0 fully saturated rings. The van der Waals surface area contributed by atoms with E-state index >= 15 is 0 Å². The molecule has 0 unspecified atom stereocenters. The third-order valence-corrected chi connectivity index (χ3v) is 3.52. The smallest absolute Gasteiger partial charge is 0.267 e. The average Bonchev–Trinajstić information content (AvgIpc) is 3.37. The predicted octanol–water partition coefficient (Wildman–Crippen LogP) is 4.06. The van der Waals surface area contributed by atoms with Crippen LogP contribution in [0.25, 0.3) is 11.3 Å². The Bertz CT molecular complexity index is 861. The monoisotopic (exact) mass is 371 g/mol. The average molecular weight is 371 g/mol. The summed E-state index contributed by atoms with van der Waals surface area (Å²) in [5.74, 6) is -0.141. The summed E-state index contributed by atoms with van der Waals surface area (Å²) in [7, 11) is 0. The molecule has 4 nitrogen and oxygen atoms in total. The molecule has 0 saturated carbocycles. The van der Waals surface area contributed by atoms with Crippen LogP contribution in [-0.4, -0.2) is 20.7 Å². The van der Waals surface area contributed by atoms with E-state index in [2.05, 4.69) is 10.1 Å². The number of hydrogen-bond donors (Lipinski definition) is 0. The summed E-state index contributed by atoms with van der Waals surface area (Å²) in [4.78, 5) is 16.2. The van der Waals surface area contributed by atoms with E-state index in [4.69, 9.17) is 0 Å². The maximum Gasteiger partial charge on any atom is 2.00 e. The number of pyridine rings is 1. The first-order chi connectivity index (χ1) is 11.8. The zero-order chi connectivity index (χ0) is 16.8. The van der Waals surface area contributed by atoms with Crippen molar-refractivity contribution in [3.8, 4) is 11.3 Å². The molecular formula is C20H17FeN3O. The van der Waals surface area contributed by atoms with Gasteiger partial charge in [0.15, 0.2) is 0 Å². The van der Waals surface area contributed by atoms with E-state index in [-0.39, 0.29) is 23.0 Å². The summed E-state index contributed by atoms with van der Waals surface area (Å²) in [6, 6.07) is 23.1. The van der Waals surface area contributed by atoms with Crippen LogP contribution in [0, 0.1) is 6.92 Å². The molecule has 0 aliphatic rings. The van der Waals surface area contributed by atoms with Gasteiger partial charge in [0.05, 0.1) is 0 Å². The molecule has 0 N–H and O–H groups in total. The van der Waals surface area contributed by atoms with E-state index in [1.165, 1.54) is 4.68 Å². The van der Waals surface area contributed by atoms with Crippen molar-refractivity contribution in [1.82, 2.24) is 14.8 Å². The van der Waals surface area contributed by atoms with Gasteiger partial charge in [-0.3, -0.25) is 9.78 Å². The molecule has 25 heavy (non-hydrogen) atoms. The van der Waals surface area contributed by atoms with Gasteiger partial charge in [0.1, 0.15) is 0 Å². The number of carbonyl (C=O) groups is 1. The fourth-order valence-corrected chi connectivity index (χ4v) is 2.30. The standard InChI is InChI=1S/C15H12N3O.C5H5.Fe/c1-11-10-14(12-4-2-3-5-12)17-18(11)15(19)13-6-8-16-9-7-13;1-2-4-5-3-1;/h2-10H,1H3;1-5H;/q2*-1;+2. The second kappa shape index (κ2) is 8.92. The SMILES string of the molecule is Cc1cc(-[c-]2cccc2)nn1C(=O)c1ccncc1.[Fe+2].c1cc[cH-]c1. The quantitative estimate of drug-likeness (QED) is 0.394. The second-order valence-electron chi connectivity index (χ2n) is 5.26. The molecule has 0 saturated heterocycles. The minimum Gasteiger partial charge on any atom is -0.267 e. The largest absolute Gasteiger partial charge is 2.00 e. The Morgan fingerprint density at radius 3 is 2.28 bits per heavy atom. The Hall–Kier alpha value is -2.75. The molecule has 2 heterocycles. The Balaban J connectivity index is 0.000000325. The number of rotatable bonds is 2. The maximum atomic E-state index is 12.3. The minimum atomic E-state index is -0.141. The molecule has 0 spiro atoms. The molecule has 0 aliphatic heterocycles. The van der Waals surface area contributed by atoms with Gasteiger partial charge in [-0.1, -0.05) is 11.6 Å². The molecule has 126 valence electrons. The van der Waals surface area contributed by atoms with Crippen LogP contribution < -0.4 is 0 Å². The van der Waals surface area contributed by atoms with Gasteiger partial charge in [-0.25, -0.2) is 16.8 Å². The summed E-state index contributed by atoms with van der Waals surface area (Å²) in [6.45, 7) is 1.87. The number of aromatic nitrogens is 3. The third-order valence-electron chi connectivity index (χ3n) is 3.52. The van der Waals surface area contributed by atoms with Gasteiger partial charge in [-0.05, 0) is 19.1 Å². The fraction of sp³-hybridized carbons (Fsp3) is 0.0500. The van der Waals surface area contributed by atoms with E-state index in [0.29, 0.717) is 5.56 Å². The van der Waals surface area contributed by atoms with Crippen molar-refractivity contribution in [3.05, 3.63) is 96.4 Å². The van der Waals surface area contributed by atoms with Crippen molar-refractivity contribution in [2.24, 2.45) is 0 Å². The molecule has 5 heteroatoms. The Kier molecular flexibility index (Phi) is 6.63. The maximum absolute atomic E-state index is 12.3. The molecule has 2 aromatic heterocycles. The Morgan fingerprint density at radius 1 is 1.08 bits per heavy atom. The van der Waals surface area contributed by atoms with Crippen LogP contribution in [0.2, 0.25) is 0 Å². The predicted molar refractivity (Wildman–Crippen MR) is 94.0 cm³/mol. The molecule has 0 amide bonds. The van der Waals surface area contributed by atoms with Crippen LogP contribution in [0.3, 0.4) is 0 Å². The van der Waals surface area contributed by atoms with Crippen molar-refractivity contribution in [2.75, 3.05) is 0 Å². The van der Waals surface area contributed by atoms with Crippen LogP contribution in [0.1, 0.15) is 16.1 Å². The third kappa shape index (κ3) is 4.63. The molecule has 2 aromatic carbocycles. The van der Waals surface area contributed by atoms with Crippen LogP contribution in [0.5, 0.6) is 0 Å². The van der Waals surface area contributed by atoms with Crippen LogP contribution in [0.4, 0.5) is 0 Å². The zero-order valence-corrected chi connectivity index (χ0v) is 14.8. The van der Waals surface area contributed by atoms with Gasteiger partial charge in [-0.15, -0.1) is 12.1 Å². The van der Waals surface area contributed by atoms with E-state index in [9.17, 15) is 4.79 Å². The summed E-state index contributed by atoms with van der Waals surface area (Å²) < 4.78 is 1.43. The number of hydrogen-bond acceptors (Lipinski definition) is 3. The first-order valence-electron chi connectivity index (χ1n) is 7.66. The van der Waals surface area contributed by atoms with Crippen molar-refractivity contribution in [3.63, 3.8) is 0 Å². The summed E-state index contributed by atoms with van der Waals surface area (Å²) >= 11 is 0. The Morgan fingerprint density at radius 2 is 1.72 bits per heavy atom. The number of aryl methyl sites for hydroxylation is 1. The van der Waals surface area contributed by atoms with Crippen molar-refractivity contribution >= 4 is 5.91 Å². The molecular weight excluding hydrogens is 354 g/mol. The normalized spacial score (nSPS) is 9.64. The van der Waals surface area contributed by atoms with Crippen LogP contribution in [-0.2, 0) is 17.1 Å². The molecule has 4 rings (SSSR count). The van der Waals surface area contributed by atoms with E-state index in [0.717, 1.165) is 17.0 Å². The zero-order valence-electron chi connectivity index (χ0n) is 13.7. The first-order valence-corrected chi connectivity index (χ1v) is 7.66. The summed E-state index contributed by atoms with van der Waals surface area (Å²) in [6.07, 6.45) is 3.20. The Labute approximate surface area is 157 Å². The fourth-order valence-electron chi connectivity index (χ4n) is 2.30. The molecule has 4 aromatic rings. The van der Waals surface area contributed by atoms with Crippen molar-refractivity contribution in [1.29, 1.82) is 0 Å². The minimum absolute atomic E-state index is 0. The molecule has 0 aliphatic carbocycles. The van der Waals surface area contributed by atoms with E-state index in [1.54, 1.807) is 24.5 Å².